The monoisotopic (exact) mass is 1580 g/mol. The lowest BCUT2D eigenvalue weighted by molar-refractivity contribution is 0.650. The number of fused-ring (bicyclic) bond motifs is 16. The minimum atomic E-state index is 0.243. The van der Waals surface area contributed by atoms with Crippen molar-refractivity contribution in [2.24, 2.45) is 0 Å². The third kappa shape index (κ3) is 12.2. The zero-order valence-electron chi connectivity index (χ0n) is 70.4. The summed E-state index contributed by atoms with van der Waals surface area (Å²) >= 11 is 0. The van der Waals surface area contributed by atoms with Crippen molar-refractivity contribution in [1.82, 2.24) is 0 Å². The van der Waals surface area contributed by atoms with Crippen LogP contribution in [0, 0.1) is 55.4 Å². The molecule has 22 rings (SSSR count). The number of aryl methyl sites for hydroxylation is 8. The number of benzene rings is 18. The molecule has 0 aliphatic carbocycles. The molecule has 0 saturated carbocycles. The maximum Gasteiger partial charge on any atom is 0.142 e. The first-order valence-corrected chi connectivity index (χ1v) is 42.6. The van der Waals surface area contributed by atoms with Gasteiger partial charge in [0.1, 0.15) is 44.7 Å². The predicted octanol–water partition coefficient (Wildman–Crippen LogP) is 33.7. The van der Waals surface area contributed by atoms with E-state index in [-0.39, 0.29) is 5.92 Å². The molecule has 0 aliphatic rings. The number of hydrogen-bond acceptors (Lipinski definition) is 8. The van der Waals surface area contributed by atoms with E-state index in [9.17, 15) is 0 Å². The number of hydrogen-bond donors (Lipinski definition) is 0. The Morgan fingerprint density at radius 2 is 0.525 bits per heavy atom. The molecule has 0 aliphatic heterocycles. The van der Waals surface area contributed by atoms with Gasteiger partial charge < -0.3 is 37.3 Å². The molecule has 8 nitrogen and oxygen atoms in total. The Labute approximate surface area is 708 Å². The number of nitrogens with zero attached hydrogens (tertiary/aromatic N) is 4. The van der Waals surface area contributed by atoms with Crippen molar-refractivity contribution in [3.63, 3.8) is 0 Å². The van der Waals surface area contributed by atoms with E-state index in [0.717, 1.165) is 228 Å². The average molecular weight is 1580 g/mol. The van der Waals surface area contributed by atoms with Crippen molar-refractivity contribution in [3.8, 4) is 0 Å². The molecule has 0 radical (unpaired) electrons. The lowest BCUT2D eigenvalue weighted by Gasteiger charge is -2.29. The van der Waals surface area contributed by atoms with E-state index in [0.29, 0.717) is 5.92 Å². The van der Waals surface area contributed by atoms with E-state index in [1.54, 1.807) is 0 Å². The van der Waals surface area contributed by atoms with Gasteiger partial charge in [-0.05, 0) is 337 Å². The molecular formula is C114H90N4O4. The molecule has 0 N–H and O–H groups in total. The maximum atomic E-state index is 7.03. The van der Waals surface area contributed by atoms with Gasteiger partial charge in [-0.25, -0.2) is 0 Å². The van der Waals surface area contributed by atoms with E-state index in [2.05, 4.69) is 417 Å². The number of furan rings is 4. The van der Waals surface area contributed by atoms with Crippen LogP contribution in [0.15, 0.2) is 339 Å². The normalized spacial score (nSPS) is 12.3. The molecule has 590 valence electrons. The van der Waals surface area contributed by atoms with Crippen molar-refractivity contribution in [3.05, 3.63) is 383 Å². The zero-order chi connectivity index (χ0) is 82.6. The highest BCUT2D eigenvalue weighted by Crippen LogP contribution is 2.51. The molecule has 0 amide bonds. The van der Waals surface area contributed by atoms with Crippen LogP contribution >= 0.6 is 0 Å². The summed E-state index contributed by atoms with van der Waals surface area (Å²) in [5.41, 5.74) is 33.2. The Morgan fingerprint density at radius 3 is 0.852 bits per heavy atom. The van der Waals surface area contributed by atoms with Gasteiger partial charge in [0.15, 0.2) is 0 Å². The van der Waals surface area contributed by atoms with E-state index in [1.165, 1.54) is 38.9 Å². The second kappa shape index (κ2) is 28.9. The third-order valence-corrected chi connectivity index (χ3v) is 26.1. The molecule has 0 fully saturated rings. The van der Waals surface area contributed by atoms with E-state index < -0.39 is 0 Å². The maximum absolute atomic E-state index is 7.03. The van der Waals surface area contributed by atoms with Crippen LogP contribution in [0.5, 0.6) is 0 Å². The Kier molecular flexibility index (Phi) is 17.4. The average Bonchev–Trinajstić information content (AvgIpc) is 1.56. The number of para-hydroxylation sites is 5. The van der Waals surface area contributed by atoms with Crippen LogP contribution in [0.1, 0.15) is 93.8 Å². The summed E-state index contributed by atoms with van der Waals surface area (Å²) in [6.07, 6.45) is 0.879. The van der Waals surface area contributed by atoms with Crippen molar-refractivity contribution >= 4 is 199 Å². The fraction of sp³-hybridized carbons (Fsp3) is 0.123. The molecular weight excluding hydrogens is 1490 g/mol. The van der Waals surface area contributed by atoms with Gasteiger partial charge in [-0.15, -0.1) is 0 Å². The molecule has 18 aromatic carbocycles. The SMILES string of the molecule is Cc1ccccc1N(c1ccc2cc3c(cc2c1)oc1c(C)c2oc4cc5cc(N(c6ccccc6C)c6ccc(CC(C)c7ccc(N(c8ccccc8)c8ccc9cc%10c(cc9c8)oc8c(C)c9oc%11cc%12cc(N(c%13ccccc%13)c%13ccc(C(C)C)cc%13)ccc%12cc%11c9c(C)c8%10)cc7)cc6C)ccc5cc4c2c(C)c13)c1ccccc1C. The first-order chi connectivity index (χ1) is 59.5. The van der Waals surface area contributed by atoms with Crippen molar-refractivity contribution in [2.75, 3.05) is 19.6 Å². The largest absolute Gasteiger partial charge is 0.456 e. The van der Waals surface area contributed by atoms with Gasteiger partial charge in [-0.1, -0.05) is 172 Å². The highest BCUT2D eigenvalue weighted by Gasteiger charge is 2.28. The van der Waals surface area contributed by atoms with Gasteiger partial charge in [0.25, 0.3) is 0 Å². The summed E-state index contributed by atoms with van der Waals surface area (Å²) in [6.45, 7) is 24.4. The Morgan fingerprint density at radius 1 is 0.230 bits per heavy atom. The zero-order valence-corrected chi connectivity index (χ0v) is 70.4. The minimum Gasteiger partial charge on any atom is -0.456 e. The smallest absolute Gasteiger partial charge is 0.142 e. The Balaban J connectivity index is 0.536. The van der Waals surface area contributed by atoms with Crippen LogP contribution in [-0.2, 0) is 6.42 Å². The Hall–Kier alpha value is -14.6. The van der Waals surface area contributed by atoms with Crippen LogP contribution in [0.25, 0.3) is 131 Å². The van der Waals surface area contributed by atoms with Crippen molar-refractivity contribution in [1.29, 1.82) is 0 Å². The molecule has 4 heterocycles. The minimum absolute atomic E-state index is 0.243. The molecule has 0 spiro atoms. The fourth-order valence-corrected chi connectivity index (χ4v) is 19.7. The second-order valence-corrected chi connectivity index (χ2v) is 34.2. The molecule has 4 aromatic heterocycles. The topological polar surface area (TPSA) is 65.5 Å². The van der Waals surface area contributed by atoms with Gasteiger partial charge in [0.05, 0.1) is 0 Å². The molecule has 1 unspecified atom stereocenters. The van der Waals surface area contributed by atoms with Gasteiger partial charge >= 0.3 is 0 Å². The quantitative estimate of drug-likeness (QED) is 0.0948. The first-order valence-electron chi connectivity index (χ1n) is 42.6. The Bertz CT molecular complexity index is 7980. The summed E-state index contributed by atoms with van der Waals surface area (Å²) in [5.74, 6) is 0.695. The summed E-state index contributed by atoms with van der Waals surface area (Å²) in [7, 11) is 0. The van der Waals surface area contributed by atoms with Crippen LogP contribution < -0.4 is 19.6 Å². The lowest BCUT2D eigenvalue weighted by Crippen LogP contribution is -2.13. The summed E-state index contributed by atoms with van der Waals surface area (Å²) < 4.78 is 27.9. The number of anilines is 12. The third-order valence-electron chi connectivity index (χ3n) is 26.1. The molecule has 22 aromatic rings. The van der Waals surface area contributed by atoms with Gasteiger partial charge in [-0.2, -0.15) is 0 Å². The summed E-state index contributed by atoms with van der Waals surface area (Å²) in [5, 5.41) is 18.0. The molecule has 0 saturated heterocycles. The second-order valence-electron chi connectivity index (χ2n) is 34.2. The number of rotatable bonds is 16. The van der Waals surface area contributed by atoms with Gasteiger partial charge in [-0.3, -0.25) is 0 Å². The van der Waals surface area contributed by atoms with Crippen LogP contribution in [0.2, 0.25) is 0 Å². The molecule has 122 heavy (non-hydrogen) atoms. The van der Waals surface area contributed by atoms with Gasteiger partial charge in [0.2, 0.25) is 0 Å². The van der Waals surface area contributed by atoms with E-state index >= 15 is 0 Å². The van der Waals surface area contributed by atoms with E-state index in [4.69, 9.17) is 17.7 Å². The molecule has 1 atom stereocenters. The summed E-state index contributed by atoms with van der Waals surface area (Å²) in [6, 6.07) is 118. The van der Waals surface area contributed by atoms with E-state index in [1.807, 2.05) is 0 Å². The first kappa shape index (κ1) is 73.7. The van der Waals surface area contributed by atoms with Gasteiger partial charge in [0, 0.05) is 122 Å². The van der Waals surface area contributed by atoms with Crippen LogP contribution in [0.3, 0.4) is 0 Å². The highest BCUT2D eigenvalue weighted by molar-refractivity contribution is 6.24. The standard InChI is InChI=1S/C114H90N4O4/c1-66(2)77-35-43-89(44-36-77)115(87-27-14-12-15-28-87)91-47-39-79-58-95-103(62-83(79)54-91)119-111-74(10)112-108(72(8)107(95)111)96-59-80-40-48-92(55-84(80)63-104(96)120-112)116(88-29-16-13-17-30-88)90-45-37-78(38-46-90)70(6)52-76-34-51-102(71(7)53-76)118(101-33-23-20-26-69(101)5)94-50-42-82-61-98-106(65-86(82)57-94)122-114-75(11)113-109(73(9)110(98)114)97-60-81-41-49-93(56-85(81)64-105(97)121-113)117(99-31-21-18-24-67(99)3)100-32-22-19-25-68(100)4/h12-51,53-66,70H,52H2,1-11H3. The van der Waals surface area contributed by atoms with Crippen molar-refractivity contribution in [2.45, 2.75) is 94.4 Å². The molecule has 8 heteroatoms. The molecule has 0 bridgehead atoms. The van der Waals surface area contributed by atoms with Crippen LogP contribution in [0.4, 0.5) is 68.2 Å². The van der Waals surface area contributed by atoms with Crippen molar-refractivity contribution < 1.29 is 17.7 Å². The fourth-order valence-electron chi connectivity index (χ4n) is 19.7. The highest BCUT2D eigenvalue weighted by atomic mass is 16.4. The lowest BCUT2D eigenvalue weighted by atomic mass is 9.92. The predicted molar refractivity (Wildman–Crippen MR) is 515 cm³/mol. The summed E-state index contributed by atoms with van der Waals surface area (Å²) in [4.78, 5) is 9.50. The van der Waals surface area contributed by atoms with Crippen LogP contribution in [-0.4, -0.2) is 0 Å².